The molecule has 0 atom stereocenters. The summed E-state index contributed by atoms with van der Waals surface area (Å²) < 4.78 is 42.1. The second-order valence-corrected chi connectivity index (χ2v) is 5.03. The summed E-state index contributed by atoms with van der Waals surface area (Å²) in [4.78, 5) is 11.1. The van der Waals surface area contributed by atoms with Gasteiger partial charge in [-0.15, -0.1) is 0 Å². The molecule has 0 radical (unpaired) electrons. The van der Waals surface area contributed by atoms with Gasteiger partial charge in [-0.25, -0.2) is 4.79 Å². The molecule has 104 valence electrons. The van der Waals surface area contributed by atoms with E-state index in [1.807, 2.05) is 0 Å². The summed E-state index contributed by atoms with van der Waals surface area (Å²) in [6.07, 6.45) is 0.698. The van der Waals surface area contributed by atoms with Crippen LogP contribution in [0.5, 0.6) is 0 Å². The summed E-state index contributed by atoms with van der Waals surface area (Å²) in [5, 5.41) is 0. The van der Waals surface area contributed by atoms with Gasteiger partial charge in [0, 0.05) is 0 Å². The van der Waals surface area contributed by atoms with E-state index >= 15 is 0 Å². The molecule has 19 heavy (non-hydrogen) atoms. The fraction of sp³-hybridized carbons (Fsp3) is 0.308. The number of carbonyl (C=O) groups is 1. The van der Waals surface area contributed by atoms with Gasteiger partial charge in [0.05, 0.1) is 6.10 Å². The van der Waals surface area contributed by atoms with Crippen molar-refractivity contribution in [2.45, 2.75) is 25.5 Å². The van der Waals surface area contributed by atoms with Crippen LogP contribution in [0.4, 0.5) is 13.2 Å². The van der Waals surface area contributed by atoms with Crippen molar-refractivity contribution in [1.29, 1.82) is 0 Å². The van der Waals surface area contributed by atoms with Crippen LogP contribution in [0.3, 0.4) is 0 Å². The lowest BCUT2D eigenvalue weighted by Gasteiger charge is -2.12. The second kappa shape index (κ2) is 6.65. The molecule has 0 N–H and O–H groups in total. The van der Waals surface area contributed by atoms with Gasteiger partial charge in [-0.3, -0.25) is 0 Å². The van der Waals surface area contributed by atoms with Gasteiger partial charge in [-0.1, -0.05) is 30.3 Å². The Morgan fingerprint density at radius 2 is 1.84 bits per heavy atom. The Hall–Kier alpha value is -1.43. The topological polar surface area (TPSA) is 26.3 Å². The van der Waals surface area contributed by atoms with Crippen molar-refractivity contribution in [2.24, 2.45) is 0 Å². The minimum absolute atomic E-state index is 0.467. The third-order valence-corrected chi connectivity index (χ3v) is 2.60. The maximum absolute atomic E-state index is 12.4. The van der Waals surface area contributed by atoms with Crippen LogP contribution in [0.1, 0.15) is 19.4 Å². The quantitative estimate of drug-likeness (QED) is 0.613. The number of hydrogen-bond donors (Lipinski definition) is 0. The van der Waals surface area contributed by atoms with Gasteiger partial charge < -0.3 is 4.74 Å². The lowest BCUT2D eigenvalue weighted by molar-refractivity contribution is -0.141. The molecule has 6 heteroatoms. The Bertz CT molecular complexity index is 453. The summed E-state index contributed by atoms with van der Waals surface area (Å²) in [6.45, 7) is 3.16. The highest BCUT2D eigenvalue weighted by Crippen LogP contribution is 2.37. The second-order valence-electron chi connectivity index (χ2n) is 3.92. The van der Waals surface area contributed by atoms with Gasteiger partial charge >= 0.3 is 11.5 Å². The van der Waals surface area contributed by atoms with Crippen LogP contribution in [-0.2, 0) is 9.53 Å². The van der Waals surface area contributed by atoms with E-state index in [0.717, 1.165) is 0 Å². The van der Waals surface area contributed by atoms with Crippen LogP contribution in [0.15, 0.2) is 35.2 Å². The predicted octanol–water partition coefficient (Wildman–Crippen LogP) is 4.23. The van der Waals surface area contributed by atoms with Crippen LogP contribution in [0.2, 0.25) is 0 Å². The van der Waals surface area contributed by atoms with E-state index in [-0.39, 0.29) is 0 Å². The first kappa shape index (κ1) is 15.6. The maximum Gasteiger partial charge on any atom is 0.446 e. The maximum atomic E-state index is 12.4. The molecular weight excluding hydrogens is 277 g/mol. The minimum atomic E-state index is -4.53. The number of thioether (sulfide) groups is 1. The fourth-order valence-electron chi connectivity index (χ4n) is 1.23. The molecule has 0 aliphatic carbocycles. The molecule has 0 saturated heterocycles. The highest BCUT2D eigenvalue weighted by atomic mass is 32.2. The summed E-state index contributed by atoms with van der Waals surface area (Å²) in [6, 6.07) is 8.31. The van der Waals surface area contributed by atoms with E-state index in [9.17, 15) is 18.0 Å². The smallest absolute Gasteiger partial charge is 0.446 e. The average molecular weight is 290 g/mol. The molecule has 0 heterocycles. The number of hydrogen-bond acceptors (Lipinski definition) is 3. The lowest BCUT2D eigenvalue weighted by Crippen LogP contribution is -2.14. The molecule has 1 aromatic rings. The molecular formula is C13H13F3O2S. The Morgan fingerprint density at radius 1 is 1.26 bits per heavy atom. The number of ether oxygens (including phenoxy) is 1. The van der Waals surface area contributed by atoms with Gasteiger partial charge in [-0.05, 0) is 37.2 Å². The van der Waals surface area contributed by atoms with Gasteiger partial charge in [0.2, 0.25) is 0 Å². The van der Waals surface area contributed by atoms with Crippen LogP contribution in [-0.4, -0.2) is 17.6 Å². The van der Waals surface area contributed by atoms with Gasteiger partial charge in [0.15, 0.2) is 0 Å². The first-order chi connectivity index (χ1) is 8.78. The molecule has 0 aliphatic rings. The van der Waals surface area contributed by atoms with Crippen LogP contribution in [0.25, 0.3) is 6.08 Å². The van der Waals surface area contributed by atoms with E-state index < -0.39 is 34.2 Å². The number of esters is 1. The zero-order valence-corrected chi connectivity index (χ0v) is 11.2. The highest BCUT2D eigenvalue weighted by Gasteiger charge is 2.33. The standard InChI is InChI=1S/C13H13F3O2S/c1-9(2)18-12(17)11(19-13(14,15)16)8-10-6-4-3-5-7-10/h3-9H,1-2H3/b11-8+. The third kappa shape index (κ3) is 6.33. The fourth-order valence-corrected chi connectivity index (χ4v) is 1.80. The SMILES string of the molecule is CC(C)OC(=O)/C(=C\c1ccccc1)SC(F)(F)F. The van der Waals surface area contributed by atoms with Crippen LogP contribution < -0.4 is 0 Å². The summed E-state index contributed by atoms with van der Waals surface area (Å²) in [5.74, 6) is -0.971. The van der Waals surface area contributed by atoms with Crippen molar-refractivity contribution in [3.8, 4) is 0 Å². The molecule has 0 aromatic heterocycles. The largest absolute Gasteiger partial charge is 0.459 e. The number of halogens is 3. The zero-order valence-electron chi connectivity index (χ0n) is 10.4. The normalized spacial score (nSPS) is 12.6. The van der Waals surface area contributed by atoms with Gasteiger partial charge in [0.1, 0.15) is 4.91 Å². The predicted molar refractivity (Wildman–Crippen MR) is 69.3 cm³/mol. The van der Waals surface area contributed by atoms with E-state index in [4.69, 9.17) is 4.74 Å². The summed E-state index contributed by atoms with van der Waals surface area (Å²) in [7, 11) is 0. The van der Waals surface area contributed by atoms with Crippen molar-refractivity contribution < 1.29 is 22.7 Å². The lowest BCUT2D eigenvalue weighted by atomic mass is 10.2. The van der Waals surface area contributed by atoms with Gasteiger partial charge in [-0.2, -0.15) is 13.2 Å². The molecule has 0 unspecified atom stereocenters. The molecule has 0 saturated carbocycles. The number of carbonyl (C=O) groups excluding carboxylic acids is 1. The number of rotatable bonds is 4. The van der Waals surface area contributed by atoms with E-state index in [1.165, 1.54) is 6.08 Å². The van der Waals surface area contributed by atoms with Crippen molar-refractivity contribution in [3.63, 3.8) is 0 Å². The van der Waals surface area contributed by atoms with E-state index in [1.54, 1.807) is 44.2 Å². The molecule has 0 aliphatic heterocycles. The Kier molecular flexibility index (Phi) is 5.47. The highest BCUT2D eigenvalue weighted by molar-refractivity contribution is 8.04. The molecule has 0 spiro atoms. The Balaban J connectivity index is 2.99. The van der Waals surface area contributed by atoms with Crippen molar-refractivity contribution in [1.82, 2.24) is 0 Å². The molecule has 0 bridgehead atoms. The van der Waals surface area contributed by atoms with Crippen molar-refractivity contribution >= 4 is 23.8 Å². The summed E-state index contributed by atoms with van der Waals surface area (Å²) >= 11 is -0.467. The van der Waals surface area contributed by atoms with Gasteiger partial charge in [0.25, 0.3) is 0 Å². The minimum Gasteiger partial charge on any atom is -0.459 e. The van der Waals surface area contributed by atoms with Crippen molar-refractivity contribution in [3.05, 3.63) is 40.8 Å². The third-order valence-electron chi connectivity index (χ3n) is 1.87. The monoisotopic (exact) mass is 290 g/mol. The first-order valence-corrected chi connectivity index (χ1v) is 6.33. The Morgan fingerprint density at radius 3 is 2.32 bits per heavy atom. The zero-order chi connectivity index (χ0) is 14.5. The van der Waals surface area contributed by atoms with Crippen LogP contribution >= 0.6 is 11.8 Å². The summed E-state index contributed by atoms with van der Waals surface area (Å²) in [5.41, 5.74) is -4.02. The number of benzene rings is 1. The van der Waals surface area contributed by atoms with Crippen LogP contribution in [0, 0.1) is 0 Å². The van der Waals surface area contributed by atoms with Crippen molar-refractivity contribution in [2.75, 3.05) is 0 Å². The molecule has 0 fully saturated rings. The Labute approximate surface area is 113 Å². The molecule has 0 amide bonds. The molecule has 2 nitrogen and oxygen atoms in total. The first-order valence-electron chi connectivity index (χ1n) is 5.51. The molecule has 1 aromatic carbocycles. The van der Waals surface area contributed by atoms with E-state index in [2.05, 4.69) is 0 Å². The number of alkyl halides is 3. The average Bonchev–Trinajstić information content (AvgIpc) is 2.26. The van der Waals surface area contributed by atoms with E-state index in [0.29, 0.717) is 5.56 Å². The molecule has 1 rings (SSSR count).